The van der Waals surface area contributed by atoms with Crippen LogP contribution in [0.5, 0.6) is 0 Å². The van der Waals surface area contributed by atoms with Gasteiger partial charge in [0.15, 0.2) is 0 Å². The van der Waals surface area contributed by atoms with E-state index >= 15 is 0 Å². The third kappa shape index (κ3) is 6.12. The minimum atomic E-state index is -4.44. The molecule has 0 bridgehead atoms. The van der Waals surface area contributed by atoms with Crippen LogP contribution in [-0.4, -0.2) is 37.0 Å². The first-order valence-corrected chi connectivity index (χ1v) is 9.01. The zero-order valence-corrected chi connectivity index (χ0v) is 14.8. The fourth-order valence-electron chi connectivity index (χ4n) is 2.17. The summed E-state index contributed by atoms with van der Waals surface area (Å²) in [4.78, 5) is 11.9. The smallest absolute Gasteiger partial charge is 0.326 e. The van der Waals surface area contributed by atoms with Crippen LogP contribution in [0.1, 0.15) is 32.8 Å². The molecule has 1 aromatic rings. The Hall–Kier alpha value is -1.61. The molecule has 0 heterocycles. The molecule has 0 aliphatic heterocycles. The zero-order valence-electron chi connectivity index (χ0n) is 13.9. The Labute approximate surface area is 139 Å². The number of hydrogen-bond acceptors (Lipinski definition) is 3. The summed E-state index contributed by atoms with van der Waals surface area (Å²) < 4.78 is 62.1. The van der Waals surface area contributed by atoms with Crippen molar-refractivity contribution >= 4 is 21.6 Å². The number of carbonyl (C=O) groups is 1. The molecule has 0 atom stereocenters. The monoisotopic (exact) mass is 366 g/mol. The van der Waals surface area contributed by atoms with Gasteiger partial charge in [0.25, 0.3) is 0 Å². The van der Waals surface area contributed by atoms with Gasteiger partial charge in [-0.1, -0.05) is 0 Å². The number of benzene rings is 1. The third-order valence-electron chi connectivity index (χ3n) is 3.19. The average molecular weight is 366 g/mol. The number of anilines is 1. The number of halogens is 3. The maximum atomic E-state index is 12.5. The summed E-state index contributed by atoms with van der Waals surface area (Å²) in [7, 11) is -3.48. The van der Waals surface area contributed by atoms with Gasteiger partial charge in [-0.2, -0.15) is 17.5 Å². The second-order valence-corrected chi connectivity index (χ2v) is 8.29. The van der Waals surface area contributed by atoms with E-state index in [2.05, 4.69) is 5.32 Å². The molecule has 0 radical (unpaired) electrons. The summed E-state index contributed by atoms with van der Waals surface area (Å²) in [6, 6.07) is 4.04. The summed E-state index contributed by atoms with van der Waals surface area (Å²) in [6.45, 7) is 5.11. The van der Waals surface area contributed by atoms with Gasteiger partial charge in [-0.05, 0) is 45.0 Å². The molecular weight excluding hydrogens is 345 g/mol. The first-order valence-electron chi connectivity index (χ1n) is 7.16. The van der Waals surface area contributed by atoms with E-state index in [-0.39, 0.29) is 18.7 Å². The number of sulfonamides is 1. The molecule has 1 aromatic carbocycles. The fraction of sp³-hybridized carbons (Fsp3) is 0.533. The van der Waals surface area contributed by atoms with E-state index in [0.717, 1.165) is 30.5 Å². The second-order valence-electron chi connectivity index (χ2n) is 6.38. The largest absolute Gasteiger partial charge is 0.416 e. The second kappa shape index (κ2) is 7.10. The zero-order chi connectivity index (χ0) is 18.8. The van der Waals surface area contributed by atoms with Gasteiger partial charge >= 0.3 is 6.18 Å². The third-order valence-corrected chi connectivity index (χ3v) is 4.72. The molecule has 5 nitrogen and oxygen atoms in total. The lowest BCUT2D eigenvalue weighted by Crippen LogP contribution is -2.46. The van der Waals surface area contributed by atoms with E-state index in [1.807, 2.05) is 0 Å². The van der Waals surface area contributed by atoms with Crippen LogP contribution >= 0.6 is 0 Å². The number of nitrogens with zero attached hydrogens (tertiary/aromatic N) is 1. The Kier molecular flexibility index (Phi) is 6.05. The van der Waals surface area contributed by atoms with Crippen molar-refractivity contribution < 1.29 is 26.4 Å². The summed E-state index contributed by atoms with van der Waals surface area (Å²) in [5.74, 6) is -0.479. The molecule has 24 heavy (non-hydrogen) atoms. The molecule has 0 aromatic heterocycles. The molecule has 0 saturated carbocycles. The van der Waals surface area contributed by atoms with Gasteiger partial charge in [0.05, 0.1) is 11.8 Å². The standard InChI is InChI=1S/C15H21F3N2O3S/c1-14(2,3)20(24(4,22)23)10-9-13(21)19-12-7-5-11(6-8-12)15(16,17)18/h5-8H,9-10H2,1-4H3,(H,19,21). The molecule has 0 unspecified atom stereocenters. The number of alkyl halides is 3. The molecular formula is C15H21F3N2O3S. The number of amides is 1. The van der Waals surface area contributed by atoms with Crippen LogP contribution in [0.2, 0.25) is 0 Å². The van der Waals surface area contributed by atoms with Gasteiger partial charge in [0.2, 0.25) is 15.9 Å². The summed E-state index contributed by atoms with van der Waals surface area (Å²) in [5, 5.41) is 2.45. The average Bonchev–Trinajstić information content (AvgIpc) is 2.35. The predicted molar refractivity (Wildman–Crippen MR) is 86.0 cm³/mol. The number of carbonyl (C=O) groups excluding carboxylic acids is 1. The van der Waals surface area contributed by atoms with Crippen LogP contribution in [0.4, 0.5) is 18.9 Å². The maximum Gasteiger partial charge on any atom is 0.416 e. The van der Waals surface area contributed by atoms with E-state index in [1.165, 1.54) is 4.31 Å². The minimum Gasteiger partial charge on any atom is -0.326 e. The van der Waals surface area contributed by atoms with Gasteiger partial charge in [-0.3, -0.25) is 4.79 Å². The summed E-state index contributed by atoms with van der Waals surface area (Å²) in [6.07, 6.45) is -3.48. The van der Waals surface area contributed by atoms with Crippen molar-refractivity contribution in [1.82, 2.24) is 4.31 Å². The van der Waals surface area contributed by atoms with E-state index in [1.54, 1.807) is 20.8 Å². The van der Waals surface area contributed by atoms with Crippen molar-refractivity contribution in [3.05, 3.63) is 29.8 Å². The minimum absolute atomic E-state index is 0.0190. The Morgan fingerprint density at radius 3 is 2.00 bits per heavy atom. The fourth-order valence-corrected chi connectivity index (χ4v) is 3.59. The Morgan fingerprint density at radius 1 is 1.12 bits per heavy atom. The van der Waals surface area contributed by atoms with E-state index in [9.17, 15) is 26.4 Å². The van der Waals surface area contributed by atoms with Crippen molar-refractivity contribution in [2.45, 2.75) is 38.9 Å². The highest BCUT2D eigenvalue weighted by atomic mass is 32.2. The lowest BCUT2D eigenvalue weighted by atomic mass is 10.1. The van der Waals surface area contributed by atoms with Crippen molar-refractivity contribution in [3.8, 4) is 0 Å². The SMILES string of the molecule is CC(C)(C)N(CCC(=O)Nc1ccc(C(F)(F)F)cc1)S(C)(=O)=O. The molecule has 0 fully saturated rings. The Bertz CT molecular complexity index is 677. The number of rotatable bonds is 5. The van der Waals surface area contributed by atoms with Gasteiger partial charge in [0, 0.05) is 24.2 Å². The molecule has 1 N–H and O–H groups in total. The highest BCUT2D eigenvalue weighted by molar-refractivity contribution is 7.88. The van der Waals surface area contributed by atoms with Crippen molar-refractivity contribution in [2.24, 2.45) is 0 Å². The highest BCUT2D eigenvalue weighted by Crippen LogP contribution is 2.29. The molecule has 1 amide bonds. The van der Waals surface area contributed by atoms with Gasteiger partial charge in [-0.15, -0.1) is 0 Å². The number of hydrogen-bond donors (Lipinski definition) is 1. The highest BCUT2D eigenvalue weighted by Gasteiger charge is 2.31. The van der Waals surface area contributed by atoms with Crippen LogP contribution in [-0.2, 0) is 21.0 Å². The molecule has 136 valence electrons. The lowest BCUT2D eigenvalue weighted by Gasteiger charge is -2.33. The first-order chi connectivity index (χ1) is 10.7. The van der Waals surface area contributed by atoms with Crippen LogP contribution in [0, 0.1) is 0 Å². The Morgan fingerprint density at radius 2 is 1.62 bits per heavy atom. The lowest BCUT2D eigenvalue weighted by molar-refractivity contribution is -0.137. The summed E-state index contributed by atoms with van der Waals surface area (Å²) in [5.41, 5.74) is -1.27. The quantitative estimate of drug-likeness (QED) is 0.871. The maximum absolute atomic E-state index is 12.5. The molecule has 1 rings (SSSR count). The topological polar surface area (TPSA) is 66.5 Å². The van der Waals surface area contributed by atoms with Crippen LogP contribution in [0.25, 0.3) is 0 Å². The van der Waals surface area contributed by atoms with E-state index in [0.29, 0.717) is 0 Å². The predicted octanol–water partition coefficient (Wildman–Crippen LogP) is 3.09. The van der Waals surface area contributed by atoms with Crippen LogP contribution in [0.3, 0.4) is 0 Å². The van der Waals surface area contributed by atoms with Gasteiger partial charge in [0.1, 0.15) is 0 Å². The van der Waals surface area contributed by atoms with Crippen LogP contribution in [0.15, 0.2) is 24.3 Å². The normalized spacial score (nSPS) is 13.2. The van der Waals surface area contributed by atoms with E-state index < -0.39 is 33.2 Å². The summed E-state index contributed by atoms with van der Waals surface area (Å²) >= 11 is 0. The molecule has 0 saturated heterocycles. The molecule has 9 heteroatoms. The van der Waals surface area contributed by atoms with Gasteiger partial charge < -0.3 is 5.32 Å². The molecule has 0 spiro atoms. The van der Waals surface area contributed by atoms with Crippen LogP contribution < -0.4 is 5.32 Å². The Balaban J connectivity index is 2.70. The van der Waals surface area contributed by atoms with Crippen molar-refractivity contribution in [1.29, 1.82) is 0 Å². The van der Waals surface area contributed by atoms with Gasteiger partial charge in [-0.25, -0.2) is 8.42 Å². The molecule has 0 aliphatic carbocycles. The number of nitrogens with one attached hydrogen (secondary N) is 1. The van der Waals surface area contributed by atoms with E-state index in [4.69, 9.17) is 0 Å². The van der Waals surface area contributed by atoms with Crippen molar-refractivity contribution in [2.75, 3.05) is 18.1 Å². The first kappa shape index (κ1) is 20.4. The van der Waals surface area contributed by atoms with Crippen molar-refractivity contribution in [3.63, 3.8) is 0 Å². The molecule has 0 aliphatic rings.